The molecule has 0 amide bonds. The van der Waals surface area contributed by atoms with Crippen LogP contribution in [0.5, 0.6) is 0 Å². The minimum atomic E-state index is 0.572. The van der Waals surface area contributed by atoms with Crippen molar-refractivity contribution >= 4 is 5.71 Å². The molecule has 102 valence electrons. The van der Waals surface area contributed by atoms with Crippen LogP contribution in [0.2, 0.25) is 0 Å². The fourth-order valence-corrected chi connectivity index (χ4v) is 2.00. The average molecular weight is 239 g/mol. The van der Waals surface area contributed by atoms with Gasteiger partial charge >= 0.3 is 0 Å². The maximum atomic E-state index is 4.96. The van der Waals surface area contributed by atoms with Gasteiger partial charge in [-0.25, -0.2) is 0 Å². The summed E-state index contributed by atoms with van der Waals surface area (Å²) in [6.07, 6.45) is 7.62. The van der Waals surface area contributed by atoms with Crippen LogP contribution in [-0.4, -0.2) is 11.8 Å². The summed E-state index contributed by atoms with van der Waals surface area (Å²) in [5.74, 6) is 1.51. The standard InChI is InChI=1S/C16H33N/c1-7-10-16(12-11-13(4)8-2)17-15(6)14(5)9-3/h13-14,16H,7-12H2,1-6H3. The Hall–Kier alpha value is -0.330. The van der Waals surface area contributed by atoms with E-state index in [2.05, 4.69) is 41.5 Å². The van der Waals surface area contributed by atoms with E-state index in [0.29, 0.717) is 12.0 Å². The van der Waals surface area contributed by atoms with E-state index in [4.69, 9.17) is 4.99 Å². The lowest BCUT2D eigenvalue weighted by atomic mass is 9.97. The van der Waals surface area contributed by atoms with Gasteiger partial charge in [-0.15, -0.1) is 0 Å². The Morgan fingerprint density at radius 2 is 1.59 bits per heavy atom. The molecule has 0 rings (SSSR count). The van der Waals surface area contributed by atoms with E-state index in [9.17, 15) is 0 Å². The highest BCUT2D eigenvalue weighted by Crippen LogP contribution is 2.17. The molecular weight excluding hydrogens is 206 g/mol. The summed E-state index contributed by atoms with van der Waals surface area (Å²) in [4.78, 5) is 4.96. The van der Waals surface area contributed by atoms with Crippen LogP contribution in [0.4, 0.5) is 0 Å². The molecule has 0 saturated heterocycles. The summed E-state index contributed by atoms with van der Waals surface area (Å²) in [6.45, 7) is 13.7. The van der Waals surface area contributed by atoms with Gasteiger partial charge in [-0.05, 0) is 44.4 Å². The summed E-state index contributed by atoms with van der Waals surface area (Å²) >= 11 is 0. The van der Waals surface area contributed by atoms with Gasteiger partial charge in [0.05, 0.1) is 0 Å². The molecule has 0 bridgehead atoms. The molecule has 0 aliphatic carbocycles. The fourth-order valence-electron chi connectivity index (χ4n) is 2.00. The van der Waals surface area contributed by atoms with Gasteiger partial charge in [0.25, 0.3) is 0 Å². The lowest BCUT2D eigenvalue weighted by molar-refractivity contribution is 0.443. The molecule has 0 fully saturated rings. The summed E-state index contributed by atoms with van der Waals surface area (Å²) < 4.78 is 0. The van der Waals surface area contributed by atoms with Crippen LogP contribution < -0.4 is 0 Å². The zero-order chi connectivity index (χ0) is 13.3. The van der Waals surface area contributed by atoms with Crippen LogP contribution in [0.15, 0.2) is 4.99 Å². The molecule has 0 aliphatic rings. The molecular formula is C16H33N. The highest BCUT2D eigenvalue weighted by atomic mass is 14.8. The number of nitrogens with zero attached hydrogens (tertiary/aromatic N) is 1. The molecule has 17 heavy (non-hydrogen) atoms. The molecule has 0 saturated carbocycles. The van der Waals surface area contributed by atoms with Gasteiger partial charge in [0, 0.05) is 11.8 Å². The predicted molar refractivity (Wildman–Crippen MR) is 79.9 cm³/mol. The van der Waals surface area contributed by atoms with Crippen LogP contribution >= 0.6 is 0 Å². The predicted octanol–water partition coefficient (Wildman–Crippen LogP) is 5.49. The largest absolute Gasteiger partial charge is 0.291 e. The van der Waals surface area contributed by atoms with Crippen LogP contribution in [0.25, 0.3) is 0 Å². The first-order valence-electron chi connectivity index (χ1n) is 7.59. The Balaban J connectivity index is 4.31. The second-order valence-corrected chi connectivity index (χ2v) is 5.61. The normalized spacial score (nSPS) is 17.9. The Kier molecular flexibility index (Phi) is 9.49. The monoisotopic (exact) mass is 239 g/mol. The molecule has 0 spiro atoms. The van der Waals surface area contributed by atoms with Crippen LogP contribution in [-0.2, 0) is 0 Å². The van der Waals surface area contributed by atoms with Gasteiger partial charge in [0.1, 0.15) is 0 Å². The first-order chi connectivity index (χ1) is 8.04. The summed E-state index contributed by atoms with van der Waals surface area (Å²) in [7, 11) is 0. The maximum Gasteiger partial charge on any atom is 0.0499 e. The second kappa shape index (κ2) is 9.67. The number of hydrogen-bond acceptors (Lipinski definition) is 1. The fraction of sp³-hybridized carbons (Fsp3) is 0.938. The summed E-state index contributed by atoms with van der Waals surface area (Å²) in [6, 6.07) is 0.572. The van der Waals surface area contributed by atoms with Gasteiger partial charge in [-0.2, -0.15) is 0 Å². The first kappa shape index (κ1) is 16.7. The van der Waals surface area contributed by atoms with E-state index in [1.54, 1.807) is 0 Å². The molecule has 1 heteroatoms. The molecule has 0 aromatic rings. The van der Waals surface area contributed by atoms with Gasteiger partial charge in [0.15, 0.2) is 0 Å². The molecule has 0 radical (unpaired) electrons. The zero-order valence-electron chi connectivity index (χ0n) is 12.9. The smallest absolute Gasteiger partial charge is 0.0499 e. The van der Waals surface area contributed by atoms with E-state index in [-0.39, 0.29) is 0 Å². The topological polar surface area (TPSA) is 12.4 Å². The minimum Gasteiger partial charge on any atom is -0.291 e. The number of rotatable bonds is 9. The molecule has 0 heterocycles. The van der Waals surface area contributed by atoms with E-state index < -0.39 is 0 Å². The summed E-state index contributed by atoms with van der Waals surface area (Å²) in [5, 5.41) is 0. The molecule has 0 aromatic heterocycles. The van der Waals surface area contributed by atoms with Crippen LogP contribution in [0.1, 0.15) is 80.1 Å². The lowest BCUT2D eigenvalue weighted by Crippen LogP contribution is -2.13. The third-order valence-electron chi connectivity index (χ3n) is 4.02. The SMILES string of the molecule is CCCC(CCC(C)CC)N=C(C)C(C)CC. The van der Waals surface area contributed by atoms with E-state index in [1.807, 2.05) is 0 Å². The molecule has 0 N–H and O–H groups in total. The molecule has 0 aliphatic heterocycles. The Morgan fingerprint density at radius 1 is 0.941 bits per heavy atom. The second-order valence-electron chi connectivity index (χ2n) is 5.61. The van der Waals surface area contributed by atoms with Crippen molar-refractivity contribution in [3.63, 3.8) is 0 Å². The van der Waals surface area contributed by atoms with Crippen LogP contribution in [0.3, 0.4) is 0 Å². The first-order valence-corrected chi connectivity index (χ1v) is 7.59. The van der Waals surface area contributed by atoms with Crippen molar-refractivity contribution in [3.8, 4) is 0 Å². The molecule has 1 nitrogen and oxygen atoms in total. The van der Waals surface area contributed by atoms with Crippen molar-refractivity contribution in [3.05, 3.63) is 0 Å². The van der Waals surface area contributed by atoms with Crippen molar-refractivity contribution in [1.82, 2.24) is 0 Å². The Morgan fingerprint density at radius 3 is 2.06 bits per heavy atom. The van der Waals surface area contributed by atoms with Crippen molar-refractivity contribution in [1.29, 1.82) is 0 Å². The van der Waals surface area contributed by atoms with Crippen molar-refractivity contribution < 1.29 is 0 Å². The summed E-state index contributed by atoms with van der Waals surface area (Å²) in [5.41, 5.74) is 1.36. The van der Waals surface area contributed by atoms with Crippen LogP contribution in [0, 0.1) is 11.8 Å². The number of hydrogen-bond donors (Lipinski definition) is 0. The molecule has 0 aromatic carbocycles. The molecule has 3 atom stereocenters. The van der Waals surface area contributed by atoms with Gasteiger partial charge in [-0.1, -0.05) is 47.5 Å². The average Bonchev–Trinajstić information content (AvgIpc) is 2.34. The maximum absolute atomic E-state index is 4.96. The minimum absolute atomic E-state index is 0.572. The van der Waals surface area contributed by atoms with Gasteiger partial charge < -0.3 is 0 Å². The van der Waals surface area contributed by atoms with Crippen molar-refractivity contribution in [2.24, 2.45) is 16.8 Å². The van der Waals surface area contributed by atoms with Gasteiger partial charge in [-0.3, -0.25) is 4.99 Å². The Labute approximate surface area is 109 Å². The highest BCUT2D eigenvalue weighted by molar-refractivity contribution is 5.84. The highest BCUT2D eigenvalue weighted by Gasteiger charge is 2.10. The molecule has 3 unspecified atom stereocenters. The Bertz CT molecular complexity index is 208. The van der Waals surface area contributed by atoms with Gasteiger partial charge in [0.2, 0.25) is 0 Å². The third kappa shape index (κ3) is 7.57. The van der Waals surface area contributed by atoms with E-state index >= 15 is 0 Å². The van der Waals surface area contributed by atoms with E-state index in [1.165, 1.54) is 44.2 Å². The van der Waals surface area contributed by atoms with Crippen molar-refractivity contribution in [2.75, 3.05) is 0 Å². The van der Waals surface area contributed by atoms with E-state index in [0.717, 1.165) is 5.92 Å². The van der Waals surface area contributed by atoms with Crippen molar-refractivity contribution in [2.45, 2.75) is 86.1 Å². The quantitative estimate of drug-likeness (QED) is 0.472. The third-order valence-corrected chi connectivity index (χ3v) is 4.02. The lowest BCUT2D eigenvalue weighted by Gasteiger charge is -2.17. The zero-order valence-corrected chi connectivity index (χ0v) is 12.9. The number of aliphatic imine (C=N–C) groups is 1.